The van der Waals surface area contributed by atoms with Crippen LogP contribution >= 0.6 is 0 Å². The molecular weight excluding hydrogens is 190 g/mol. The smallest absolute Gasteiger partial charge is 0.234 e. The lowest BCUT2D eigenvalue weighted by molar-refractivity contribution is -0.122. The summed E-state index contributed by atoms with van der Waals surface area (Å²) in [5.74, 6) is 0.944. The third-order valence-corrected chi connectivity index (χ3v) is 3.32. The highest BCUT2D eigenvalue weighted by Crippen LogP contribution is 2.29. The highest BCUT2D eigenvalue weighted by atomic mass is 16.2. The first-order valence-electron chi connectivity index (χ1n) is 5.81. The summed E-state index contributed by atoms with van der Waals surface area (Å²) in [6.45, 7) is 1.64. The van der Waals surface area contributed by atoms with Gasteiger partial charge in [-0.3, -0.25) is 4.79 Å². The number of nitrogens with zero attached hydrogens (tertiary/aromatic N) is 1. The SMILES string of the molecule is CN(C)CC(=O)NC1CC2CNC(C2)C1. The molecule has 2 bridgehead atoms. The number of nitrogens with one attached hydrogen (secondary N) is 2. The Morgan fingerprint density at radius 2 is 2.20 bits per heavy atom. The summed E-state index contributed by atoms with van der Waals surface area (Å²) in [4.78, 5) is 13.5. The maximum Gasteiger partial charge on any atom is 0.234 e. The van der Waals surface area contributed by atoms with Gasteiger partial charge in [-0.2, -0.15) is 0 Å². The van der Waals surface area contributed by atoms with Gasteiger partial charge in [0.25, 0.3) is 0 Å². The number of amides is 1. The quantitative estimate of drug-likeness (QED) is 0.680. The van der Waals surface area contributed by atoms with Gasteiger partial charge in [0.2, 0.25) is 5.91 Å². The van der Waals surface area contributed by atoms with Crippen LogP contribution in [0.5, 0.6) is 0 Å². The topological polar surface area (TPSA) is 44.4 Å². The summed E-state index contributed by atoms with van der Waals surface area (Å²) in [6.07, 6.45) is 3.57. The average molecular weight is 211 g/mol. The molecule has 3 unspecified atom stereocenters. The first kappa shape index (κ1) is 10.9. The summed E-state index contributed by atoms with van der Waals surface area (Å²) in [5.41, 5.74) is 0. The van der Waals surface area contributed by atoms with Crippen LogP contribution in [0.2, 0.25) is 0 Å². The zero-order valence-electron chi connectivity index (χ0n) is 9.62. The number of carbonyl (C=O) groups excluding carboxylic acids is 1. The standard InChI is InChI=1S/C11H21N3O/c1-14(2)7-11(15)13-10-4-8-3-9(5-10)12-6-8/h8-10,12H,3-7H2,1-2H3,(H,13,15). The van der Waals surface area contributed by atoms with Crippen molar-refractivity contribution in [2.45, 2.75) is 31.3 Å². The second-order valence-electron chi connectivity index (χ2n) is 5.18. The maximum absolute atomic E-state index is 11.6. The fraction of sp³-hybridized carbons (Fsp3) is 0.909. The van der Waals surface area contributed by atoms with Crippen LogP contribution in [0.25, 0.3) is 0 Å². The number of fused-ring (bicyclic) bond motifs is 2. The van der Waals surface area contributed by atoms with Gasteiger partial charge in [-0.15, -0.1) is 0 Å². The van der Waals surface area contributed by atoms with Crippen molar-refractivity contribution in [3.05, 3.63) is 0 Å². The molecule has 2 fully saturated rings. The predicted molar refractivity (Wildman–Crippen MR) is 59.6 cm³/mol. The molecule has 1 amide bonds. The normalized spacial score (nSPS) is 34.5. The van der Waals surface area contributed by atoms with E-state index in [1.807, 2.05) is 19.0 Å². The van der Waals surface area contributed by atoms with Crippen molar-refractivity contribution in [1.29, 1.82) is 0 Å². The largest absolute Gasteiger partial charge is 0.352 e. The fourth-order valence-electron chi connectivity index (χ4n) is 2.78. The molecule has 1 heterocycles. The maximum atomic E-state index is 11.6. The van der Waals surface area contributed by atoms with E-state index in [1.54, 1.807) is 0 Å². The number of likely N-dealkylation sites (N-methyl/N-ethyl adjacent to an activating group) is 1. The van der Waals surface area contributed by atoms with E-state index >= 15 is 0 Å². The Morgan fingerprint density at radius 3 is 2.87 bits per heavy atom. The van der Waals surface area contributed by atoms with Crippen molar-refractivity contribution in [3.63, 3.8) is 0 Å². The van der Waals surface area contributed by atoms with Crippen LogP contribution in [0, 0.1) is 5.92 Å². The van der Waals surface area contributed by atoms with Crippen molar-refractivity contribution in [3.8, 4) is 0 Å². The Morgan fingerprint density at radius 1 is 1.40 bits per heavy atom. The number of carbonyl (C=O) groups is 1. The number of rotatable bonds is 3. The van der Waals surface area contributed by atoms with Crippen LogP contribution in [0.3, 0.4) is 0 Å². The molecule has 0 aromatic carbocycles. The molecule has 1 saturated carbocycles. The van der Waals surface area contributed by atoms with Gasteiger partial charge < -0.3 is 15.5 Å². The molecular formula is C11H21N3O. The molecule has 1 aliphatic carbocycles. The van der Waals surface area contributed by atoms with Crippen LogP contribution in [0.4, 0.5) is 0 Å². The van der Waals surface area contributed by atoms with Crippen LogP contribution in [0.15, 0.2) is 0 Å². The summed E-state index contributed by atoms with van der Waals surface area (Å²) in [6, 6.07) is 1.05. The molecule has 1 saturated heterocycles. The van der Waals surface area contributed by atoms with E-state index in [0.29, 0.717) is 18.6 Å². The molecule has 4 heteroatoms. The van der Waals surface area contributed by atoms with Crippen molar-refractivity contribution >= 4 is 5.91 Å². The minimum Gasteiger partial charge on any atom is -0.352 e. The first-order valence-corrected chi connectivity index (χ1v) is 5.81. The minimum absolute atomic E-state index is 0.159. The summed E-state index contributed by atoms with van der Waals surface area (Å²) < 4.78 is 0. The molecule has 2 aliphatic rings. The van der Waals surface area contributed by atoms with E-state index in [4.69, 9.17) is 0 Å². The van der Waals surface area contributed by atoms with Crippen LogP contribution in [-0.4, -0.2) is 50.1 Å². The molecule has 2 N–H and O–H groups in total. The number of hydrogen-bond acceptors (Lipinski definition) is 3. The third-order valence-electron chi connectivity index (χ3n) is 3.32. The zero-order valence-corrected chi connectivity index (χ0v) is 9.62. The van der Waals surface area contributed by atoms with E-state index in [1.165, 1.54) is 6.42 Å². The van der Waals surface area contributed by atoms with E-state index < -0.39 is 0 Å². The summed E-state index contributed by atoms with van der Waals surface area (Å²) in [5, 5.41) is 6.63. The molecule has 4 nitrogen and oxygen atoms in total. The first-order chi connectivity index (χ1) is 7.13. The molecule has 0 spiro atoms. The van der Waals surface area contributed by atoms with Crippen molar-refractivity contribution < 1.29 is 4.79 Å². The fourth-order valence-corrected chi connectivity index (χ4v) is 2.78. The van der Waals surface area contributed by atoms with E-state index in [-0.39, 0.29) is 5.91 Å². The predicted octanol–water partition coefficient (Wildman–Crippen LogP) is -0.195. The Kier molecular flexibility index (Phi) is 3.26. The lowest BCUT2D eigenvalue weighted by Crippen LogP contribution is -2.44. The van der Waals surface area contributed by atoms with Gasteiger partial charge >= 0.3 is 0 Å². The van der Waals surface area contributed by atoms with Crippen molar-refractivity contribution in [2.75, 3.05) is 27.2 Å². The molecule has 86 valence electrons. The summed E-state index contributed by atoms with van der Waals surface area (Å²) in [7, 11) is 3.84. The van der Waals surface area contributed by atoms with Crippen molar-refractivity contribution in [1.82, 2.24) is 15.5 Å². The molecule has 3 atom stereocenters. The van der Waals surface area contributed by atoms with Crippen LogP contribution in [0.1, 0.15) is 19.3 Å². The summed E-state index contributed by atoms with van der Waals surface area (Å²) >= 11 is 0. The number of hydrogen-bond donors (Lipinski definition) is 2. The van der Waals surface area contributed by atoms with Gasteiger partial charge in [0, 0.05) is 12.1 Å². The molecule has 0 aromatic rings. The third kappa shape index (κ3) is 2.92. The van der Waals surface area contributed by atoms with Crippen LogP contribution < -0.4 is 10.6 Å². The van der Waals surface area contributed by atoms with E-state index in [9.17, 15) is 4.79 Å². The molecule has 0 aromatic heterocycles. The Bertz CT molecular complexity index is 230. The van der Waals surface area contributed by atoms with Gasteiger partial charge in [0.1, 0.15) is 0 Å². The average Bonchev–Trinajstić information content (AvgIpc) is 2.44. The second kappa shape index (κ2) is 4.49. The van der Waals surface area contributed by atoms with Crippen molar-refractivity contribution in [2.24, 2.45) is 5.92 Å². The Hall–Kier alpha value is -0.610. The molecule has 15 heavy (non-hydrogen) atoms. The molecule has 0 radical (unpaired) electrons. The monoisotopic (exact) mass is 211 g/mol. The second-order valence-corrected chi connectivity index (χ2v) is 5.18. The lowest BCUT2D eigenvalue weighted by atomic mass is 9.86. The Labute approximate surface area is 91.4 Å². The highest BCUT2D eigenvalue weighted by molar-refractivity contribution is 5.78. The molecule has 2 rings (SSSR count). The van der Waals surface area contributed by atoms with Gasteiger partial charge in [-0.25, -0.2) is 0 Å². The van der Waals surface area contributed by atoms with Gasteiger partial charge in [0.05, 0.1) is 6.54 Å². The Balaban J connectivity index is 1.78. The van der Waals surface area contributed by atoms with Gasteiger partial charge in [-0.1, -0.05) is 0 Å². The minimum atomic E-state index is 0.159. The van der Waals surface area contributed by atoms with Gasteiger partial charge in [0.15, 0.2) is 0 Å². The van der Waals surface area contributed by atoms with E-state index in [0.717, 1.165) is 25.3 Å². The van der Waals surface area contributed by atoms with Crippen LogP contribution in [-0.2, 0) is 4.79 Å². The zero-order chi connectivity index (χ0) is 10.8. The van der Waals surface area contributed by atoms with Gasteiger partial charge in [-0.05, 0) is 45.8 Å². The lowest BCUT2D eigenvalue weighted by Gasteiger charge is -2.28. The highest BCUT2D eigenvalue weighted by Gasteiger charge is 2.34. The van der Waals surface area contributed by atoms with E-state index in [2.05, 4.69) is 10.6 Å². The molecule has 1 aliphatic heterocycles.